The summed E-state index contributed by atoms with van der Waals surface area (Å²) in [5, 5.41) is 3.40. The number of aromatic amines is 1. The number of amides is 1. The van der Waals surface area contributed by atoms with E-state index >= 15 is 0 Å². The van der Waals surface area contributed by atoms with Gasteiger partial charge in [0, 0.05) is 23.6 Å². The number of carbonyl (C=O) groups is 1. The molecule has 0 aliphatic rings. The molecule has 1 aromatic carbocycles. The van der Waals surface area contributed by atoms with E-state index in [9.17, 15) is 9.59 Å². The van der Waals surface area contributed by atoms with Gasteiger partial charge in [0.25, 0.3) is 11.5 Å². The number of nitrogens with zero attached hydrogens (tertiary/aromatic N) is 2. The Morgan fingerprint density at radius 3 is 2.57 bits per heavy atom. The number of hydrogen-bond donors (Lipinski definition) is 2. The summed E-state index contributed by atoms with van der Waals surface area (Å²) in [6.07, 6.45) is 3.28. The molecule has 0 saturated heterocycles. The minimum Gasteiger partial charge on any atom is -0.321 e. The molecule has 3 aromatic heterocycles. The van der Waals surface area contributed by atoms with Crippen LogP contribution in [0.3, 0.4) is 0 Å². The Bertz CT molecular complexity index is 1260. The molecule has 6 nitrogen and oxygen atoms in total. The number of benzene rings is 1. The molecule has 0 saturated carbocycles. The summed E-state index contributed by atoms with van der Waals surface area (Å²) < 4.78 is 0. The smallest absolute Gasteiger partial charge is 0.266 e. The molecule has 4 aromatic rings. The van der Waals surface area contributed by atoms with Gasteiger partial charge in [-0.05, 0) is 50.1 Å². The first-order valence-electron chi connectivity index (χ1n) is 8.76. The quantitative estimate of drug-likeness (QED) is 0.548. The van der Waals surface area contributed by atoms with Gasteiger partial charge >= 0.3 is 0 Å². The average Bonchev–Trinajstić information content (AvgIpc) is 3.02. The monoisotopic (exact) mass is 390 g/mol. The maximum atomic E-state index is 12.9. The Hall–Kier alpha value is -3.32. The number of thiophene rings is 1. The van der Waals surface area contributed by atoms with Crippen molar-refractivity contribution in [3.63, 3.8) is 0 Å². The lowest BCUT2D eigenvalue weighted by molar-refractivity contribution is 0.103. The summed E-state index contributed by atoms with van der Waals surface area (Å²) in [5.74, 6) is 0.222. The van der Waals surface area contributed by atoms with Crippen molar-refractivity contribution in [2.75, 3.05) is 5.32 Å². The molecule has 1 amide bonds. The van der Waals surface area contributed by atoms with Gasteiger partial charge in [0.1, 0.15) is 10.7 Å². The number of rotatable bonds is 3. The van der Waals surface area contributed by atoms with Gasteiger partial charge in [-0.15, -0.1) is 11.3 Å². The van der Waals surface area contributed by atoms with Crippen molar-refractivity contribution in [3.8, 4) is 11.4 Å². The van der Waals surface area contributed by atoms with Gasteiger partial charge in [-0.1, -0.05) is 17.7 Å². The number of aromatic nitrogens is 3. The summed E-state index contributed by atoms with van der Waals surface area (Å²) in [5.41, 5.74) is 4.03. The SMILES string of the molecule is Cc1ccc(NC(=O)c2sc3nc(-c4ccncc4)[nH]c(=O)c3c2C)c(C)c1. The molecule has 3 heterocycles. The average molecular weight is 390 g/mol. The van der Waals surface area contributed by atoms with Crippen molar-refractivity contribution in [1.29, 1.82) is 0 Å². The second-order valence-corrected chi connectivity index (χ2v) is 7.66. The lowest BCUT2D eigenvalue weighted by atomic mass is 10.1. The van der Waals surface area contributed by atoms with E-state index in [2.05, 4.69) is 20.3 Å². The number of nitrogens with one attached hydrogen (secondary N) is 2. The van der Waals surface area contributed by atoms with E-state index in [1.54, 1.807) is 31.5 Å². The summed E-state index contributed by atoms with van der Waals surface area (Å²) in [4.78, 5) is 37.9. The zero-order valence-corrected chi connectivity index (χ0v) is 16.5. The Labute approximate surface area is 165 Å². The third kappa shape index (κ3) is 3.20. The Kier molecular flexibility index (Phi) is 4.52. The lowest BCUT2D eigenvalue weighted by Crippen LogP contribution is -2.13. The molecule has 0 radical (unpaired) electrons. The number of fused-ring (bicyclic) bond motifs is 1. The van der Waals surface area contributed by atoms with E-state index in [0.29, 0.717) is 26.5 Å². The van der Waals surface area contributed by atoms with Crippen molar-refractivity contribution in [1.82, 2.24) is 15.0 Å². The number of anilines is 1. The highest BCUT2D eigenvalue weighted by atomic mass is 32.1. The highest BCUT2D eigenvalue weighted by Crippen LogP contribution is 2.29. The van der Waals surface area contributed by atoms with Gasteiger partial charge < -0.3 is 10.3 Å². The van der Waals surface area contributed by atoms with Crippen LogP contribution in [0.15, 0.2) is 47.5 Å². The predicted molar refractivity (Wildman–Crippen MR) is 112 cm³/mol. The van der Waals surface area contributed by atoms with Gasteiger partial charge in [0.2, 0.25) is 0 Å². The maximum Gasteiger partial charge on any atom is 0.266 e. The van der Waals surface area contributed by atoms with E-state index in [4.69, 9.17) is 0 Å². The first-order chi connectivity index (χ1) is 13.4. The van der Waals surface area contributed by atoms with Crippen LogP contribution in [0.5, 0.6) is 0 Å². The fraction of sp³-hybridized carbons (Fsp3) is 0.143. The molecule has 2 N–H and O–H groups in total. The standard InChI is InChI=1S/C21H18N4O2S/c1-11-4-5-15(12(2)10-11)23-20(27)17-13(3)16-19(26)24-18(25-21(16)28-17)14-6-8-22-9-7-14/h4-10H,1-3H3,(H,23,27)(H,24,25,26). The molecule has 0 unspecified atom stereocenters. The second-order valence-electron chi connectivity index (χ2n) is 6.66. The summed E-state index contributed by atoms with van der Waals surface area (Å²) in [6, 6.07) is 9.41. The van der Waals surface area contributed by atoms with Gasteiger partial charge in [-0.25, -0.2) is 4.98 Å². The van der Waals surface area contributed by atoms with E-state index in [-0.39, 0.29) is 11.5 Å². The van der Waals surface area contributed by atoms with Crippen LogP contribution in [-0.2, 0) is 0 Å². The molecular formula is C21H18N4O2S. The van der Waals surface area contributed by atoms with Crippen LogP contribution < -0.4 is 10.9 Å². The summed E-state index contributed by atoms with van der Waals surface area (Å²) >= 11 is 1.22. The minimum absolute atomic E-state index is 0.239. The molecule has 0 spiro atoms. The van der Waals surface area contributed by atoms with E-state index in [1.165, 1.54) is 11.3 Å². The number of H-pyrrole nitrogens is 1. The maximum absolute atomic E-state index is 12.9. The van der Waals surface area contributed by atoms with E-state index < -0.39 is 0 Å². The van der Waals surface area contributed by atoms with Crippen molar-refractivity contribution in [3.05, 3.63) is 74.6 Å². The van der Waals surface area contributed by atoms with Crippen LogP contribution in [-0.4, -0.2) is 20.9 Å². The molecule has 4 rings (SSSR count). The fourth-order valence-corrected chi connectivity index (χ4v) is 4.22. The first kappa shape index (κ1) is 18.1. The van der Waals surface area contributed by atoms with Crippen LogP contribution in [0.1, 0.15) is 26.4 Å². The number of hydrogen-bond acceptors (Lipinski definition) is 5. The minimum atomic E-state index is -0.254. The summed E-state index contributed by atoms with van der Waals surface area (Å²) in [7, 11) is 0. The van der Waals surface area contributed by atoms with Crippen LogP contribution in [0.25, 0.3) is 21.6 Å². The molecule has 0 aliphatic heterocycles. The zero-order valence-electron chi connectivity index (χ0n) is 15.7. The van der Waals surface area contributed by atoms with E-state index in [1.807, 2.05) is 32.0 Å². The largest absolute Gasteiger partial charge is 0.321 e. The Morgan fingerprint density at radius 2 is 1.86 bits per heavy atom. The zero-order chi connectivity index (χ0) is 19.8. The van der Waals surface area contributed by atoms with Crippen molar-refractivity contribution in [2.24, 2.45) is 0 Å². The van der Waals surface area contributed by atoms with Crippen LogP contribution in [0.2, 0.25) is 0 Å². The Balaban J connectivity index is 1.76. The predicted octanol–water partition coefficient (Wildman–Crippen LogP) is 4.22. The Morgan fingerprint density at radius 1 is 1.11 bits per heavy atom. The van der Waals surface area contributed by atoms with Crippen molar-refractivity contribution in [2.45, 2.75) is 20.8 Å². The highest BCUT2D eigenvalue weighted by molar-refractivity contribution is 7.20. The molecule has 0 fully saturated rings. The second kappa shape index (κ2) is 7.01. The third-order valence-electron chi connectivity index (χ3n) is 4.59. The fourth-order valence-electron chi connectivity index (χ4n) is 3.14. The molecule has 7 heteroatoms. The van der Waals surface area contributed by atoms with Gasteiger partial charge in [-0.2, -0.15) is 0 Å². The van der Waals surface area contributed by atoms with E-state index in [0.717, 1.165) is 22.4 Å². The first-order valence-corrected chi connectivity index (χ1v) is 9.58. The molecule has 0 aliphatic carbocycles. The molecule has 140 valence electrons. The highest BCUT2D eigenvalue weighted by Gasteiger charge is 2.20. The summed E-state index contributed by atoms with van der Waals surface area (Å²) in [6.45, 7) is 5.74. The van der Waals surface area contributed by atoms with Crippen LogP contribution >= 0.6 is 11.3 Å². The number of aryl methyl sites for hydroxylation is 3. The van der Waals surface area contributed by atoms with Gasteiger partial charge in [-0.3, -0.25) is 14.6 Å². The molecule has 0 atom stereocenters. The van der Waals surface area contributed by atoms with Crippen LogP contribution in [0.4, 0.5) is 5.69 Å². The lowest BCUT2D eigenvalue weighted by Gasteiger charge is -2.08. The van der Waals surface area contributed by atoms with Crippen molar-refractivity contribution >= 4 is 33.1 Å². The molecule has 28 heavy (non-hydrogen) atoms. The number of carbonyl (C=O) groups excluding carboxylic acids is 1. The number of pyridine rings is 1. The third-order valence-corrected chi connectivity index (χ3v) is 5.78. The van der Waals surface area contributed by atoms with Crippen molar-refractivity contribution < 1.29 is 4.79 Å². The van der Waals surface area contributed by atoms with Gasteiger partial charge in [0.05, 0.1) is 10.3 Å². The topological polar surface area (TPSA) is 87.7 Å². The normalized spacial score (nSPS) is 11.0. The molecule has 0 bridgehead atoms. The van der Waals surface area contributed by atoms with Gasteiger partial charge in [0.15, 0.2) is 0 Å². The molecular weight excluding hydrogens is 372 g/mol. The van der Waals surface area contributed by atoms with Crippen LogP contribution in [0, 0.1) is 20.8 Å².